The lowest BCUT2D eigenvalue weighted by molar-refractivity contribution is -0.00628. The van der Waals surface area contributed by atoms with Crippen molar-refractivity contribution in [2.24, 2.45) is 0 Å². The Morgan fingerprint density at radius 3 is 1.86 bits per heavy atom. The highest BCUT2D eigenvalue weighted by molar-refractivity contribution is 4.91. The minimum Gasteiger partial charge on any atom is -0.393 e. The largest absolute Gasteiger partial charge is 0.393 e. The summed E-state index contributed by atoms with van der Waals surface area (Å²) >= 11 is 0. The lowest BCUT2D eigenvalue weighted by Crippen LogP contribution is -2.53. The minimum atomic E-state index is -0.149. The van der Waals surface area contributed by atoms with Gasteiger partial charge in [0.15, 0.2) is 0 Å². The predicted molar refractivity (Wildman–Crippen MR) is 91.0 cm³/mol. The van der Waals surface area contributed by atoms with Crippen LogP contribution in [0.25, 0.3) is 0 Å². The Balaban J connectivity index is 1.86. The molecule has 2 saturated heterocycles. The van der Waals surface area contributed by atoms with Crippen LogP contribution in [-0.4, -0.2) is 69.5 Å². The van der Waals surface area contributed by atoms with Crippen LogP contribution < -0.4 is 0 Å². The Morgan fingerprint density at radius 1 is 0.773 bits per heavy atom. The maximum atomic E-state index is 9.93. The molecular formula is C18H36N2O2. The first-order valence-corrected chi connectivity index (χ1v) is 9.07. The van der Waals surface area contributed by atoms with Gasteiger partial charge in [-0.3, -0.25) is 9.80 Å². The third kappa shape index (κ3) is 4.67. The third-order valence-corrected chi connectivity index (χ3v) is 5.92. The molecule has 2 N–H and O–H groups in total. The highest BCUT2D eigenvalue weighted by Crippen LogP contribution is 2.31. The molecule has 4 heteroatoms. The lowest BCUT2D eigenvalue weighted by Gasteiger charge is -2.47. The van der Waals surface area contributed by atoms with Crippen LogP contribution in [0.2, 0.25) is 0 Å². The number of likely N-dealkylation sites (tertiary alicyclic amines) is 2. The molecule has 0 amide bonds. The van der Waals surface area contributed by atoms with E-state index < -0.39 is 0 Å². The number of aliphatic hydroxyl groups is 2. The number of rotatable bonds is 5. The van der Waals surface area contributed by atoms with Gasteiger partial charge in [-0.05, 0) is 72.8 Å². The summed E-state index contributed by atoms with van der Waals surface area (Å²) in [7, 11) is 0. The second-order valence-corrected chi connectivity index (χ2v) is 8.59. The Bertz CT molecular complexity index is 349. The smallest absolute Gasteiger partial charge is 0.0667 e. The summed E-state index contributed by atoms with van der Waals surface area (Å²) in [5, 5.41) is 19.6. The molecule has 2 fully saturated rings. The van der Waals surface area contributed by atoms with Crippen molar-refractivity contribution < 1.29 is 10.2 Å². The zero-order chi connectivity index (χ0) is 16.4. The van der Waals surface area contributed by atoms with Gasteiger partial charge in [-0.15, -0.1) is 0 Å². The average molecular weight is 312 g/mol. The molecule has 0 saturated carbocycles. The fraction of sp³-hybridized carbons (Fsp3) is 1.00. The molecule has 1 unspecified atom stereocenters. The fourth-order valence-electron chi connectivity index (χ4n) is 3.90. The second-order valence-electron chi connectivity index (χ2n) is 8.59. The highest BCUT2D eigenvalue weighted by Gasteiger charge is 2.35. The van der Waals surface area contributed by atoms with Gasteiger partial charge in [-0.2, -0.15) is 0 Å². The van der Waals surface area contributed by atoms with Gasteiger partial charge in [0, 0.05) is 30.7 Å². The van der Waals surface area contributed by atoms with E-state index in [0.29, 0.717) is 0 Å². The quantitative estimate of drug-likeness (QED) is 0.817. The van der Waals surface area contributed by atoms with Gasteiger partial charge in [-0.1, -0.05) is 0 Å². The summed E-state index contributed by atoms with van der Waals surface area (Å²) in [5.74, 6) is 0. The SMILES string of the molecule is CC(C)(CCC(C)(C)N1CCCC(O)C1)N1CCC(O)CC1. The zero-order valence-corrected chi connectivity index (χ0v) is 15.0. The van der Waals surface area contributed by atoms with Crippen molar-refractivity contribution in [3.05, 3.63) is 0 Å². The Morgan fingerprint density at radius 2 is 1.32 bits per heavy atom. The van der Waals surface area contributed by atoms with Crippen LogP contribution in [0.1, 0.15) is 66.2 Å². The molecule has 0 aromatic rings. The third-order valence-electron chi connectivity index (χ3n) is 5.92. The standard InChI is InChI=1S/C18H36N2O2/c1-17(2,19-12-7-15(21)8-13-19)9-10-18(3,4)20-11-5-6-16(22)14-20/h15-16,21-22H,5-14H2,1-4H3. The molecule has 0 bridgehead atoms. The molecule has 2 rings (SSSR count). The Hall–Kier alpha value is -0.160. The number of β-amino-alcohol motifs (C(OH)–C–C–N with tert-alkyl or cyclic N) is 1. The normalized spacial score (nSPS) is 27.3. The van der Waals surface area contributed by atoms with Crippen LogP contribution >= 0.6 is 0 Å². The van der Waals surface area contributed by atoms with Crippen LogP contribution in [0.4, 0.5) is 0 Å². The molecule has 130 valence electrons. The van der Waals surface area contributed by atoms with Crippen LogP contribution in [-0.2, 0) is 0 Å². The summed E-state index contributed by atoms with van der Waals surface area (Å²) < 4.78 is 0. The van der Waals surface area contributed by atoms with Crippen molar-refractivity contribution in [1.29, 1.82) is 0 Å². The van der Waals surface area contributed by atoms with E-state index in [-0.39, 0.29) is 23.3 Å². The maximum absolute atomic E-state index is 9.93. The first-order chi connectivity index (χ1) is 10.2. The summed E-state index contributed by atoms with van der Waals surface area (Å²) in [6.45, 7) is 13.3. The molecule has 22 heavy (non-hydrogen) atoms. The number of nitrogens with zero attached hydrogens (tertiary/aromatic N) is 2. The van der Waals surface area contributed by atoms with Crippen LogP contribution in [0, 0.1) is 0 Å². The van der Waals surface area contributed by atoms with Gasteiger partial charge >= 0.3 is 0 Å². The van der Waals surface area contributed by atoms with Gasteiger partial charge in [-0.25, -0.2) is 0 Å². The summed E-state index contributed by atoms with van der Waals surface area (Å²) in [6.07, 6.45) is 5.93. The topological polar surface area (TPSA) is 46.9 Å². The Labute approximate surface area is 136 Å². The molecule has 0 aromatic heterocycles. The molecule has 0 spiro atoms. The zero-order valence-electron chi connectivity index (χ0n) is 15.0. The number of hydrogen-bond donors (Lipinski definition) is 2. The van der Waals surface area contributed by atoms with Crippen molar-refractivity contribution in [3.8, 4) is 0 Å². The Kier molecular flexibility index (Phi) is 5.92. The first-order valence-electron chi connectivity index (χ1n) is 9.07. The second kappa shape index (κ2) is 7.16. The van der Waals surface area contributed by atoms with Gasteiger partial charge in [0.2, 0.25) is 0 Å². The molecule has 1 atom stereocenters. The van der Waals surface area contributed by atoms with E-state index in [4.69, 9.17) is 0 Å². The van der Waals surface area contributed by atoms with Crippen LogP contribution in [0.3, 0.4) is 0 Å². The summed E-state index contributed by atoms with van der Waals surface area (Å²) in [5.41, 5.74) is 0.333. The molecular weight excluding hydrogens is 276 g/mol. The van der Waals surface area contributed by atoms with Gasteiger partial charge < -0.3 is 10.2 Å². The van der Waals surface area contributed by atoms with Crippen molar-refractivity contribution in [2.75, 3.05) is 26.2 Å². The molecule has 0 radical (unpaired) electrons. The molecule has 2 heterocycles. The van der Waals surface area contributed by atoms with Crippen molar-refractivity contribution in [3.63, 3.8) is 0 Å². The molecule has 2 aliphatic rings. The van der Waals surface area contributed by atoms with E-state index in [0.717, 1.165) is 64.7 Å². The van der Waals surface area contributed by atoms with E-state index in [2.05, 4.69) is 37.5 Å². The molecule has 0 aromatic carbocycles. The van der Waals surface area contributed by atoms with E-state index in [1.54, 1.807) is 0 Å². The lowest BCUT2D eigenvalue weighted by atomic mass is 9.85. The molecule has 4 nitrogen and oxygen atoms in total. The van der Waals surface area contributed by atoms with E-state index >= 15 is 0 Å². The maximum Gasteiger partial charge on any atom is 0.0667 e. The van der Waals surface area contributed by atoms with E-state index in [9.17, 15) is 10.2 Å². The monoisotopic (exact) mass is 312 g/mol. The van der Waals surface area contributed by atoms with Crippen molar-refractivity contribution >= 4 is 0 Å². The van der Waals surface area contributed by atoms with Crippen molar-refractivity contribution in [2.45, 2.75) is 89.5 Å². The van der Waals surface area contributed by atoms with E-state index in [1.807, 2.05) is 0 Å². The average Bonchev–Trinajstić information content (AvgIpc) is 2.46. The van der Waals surface area contributed by atoms with Gasteiger partial charge in [0.05, 0.1) is 12.2 Å². The minimum absolute atomic E-state index is 0.0988. The van der Waals surface area contributed by atoms with Crippen molar-refractivity contribution in [1.82, 2.24) is 9.80 Å². The molecule has 2 aliphatic heterocycles. The summed E-state index contributed by atoms with van der Waals surface area (Å²) in [4.78, 5) is 5.01. The fourth-order valence-corrected chi connectivity index (χ4v) is 3.90. The van der Waals surface area contributed by atoms with Gasteiger partial charge in [0.25, 0.3) is 0 Å². The number of aliphatic hydroxyl groups excluding tert-OH is 2. The number of piperidine rings is 2. The summed E-state index contributed by atoms with van der Waals surface area (Å²) in [6, 6.07) is 0. The predicted octanol–water partition coefficient (Wildman–Crippen LogP) is 2.24. The van der Waals surface area contributed by atoms with Gasteiger partial charge in [0.1, 0.15) is 0 Å². The number of hydrogen-bond acceptors (Lipinski definition) is 4. The van der Waals surface area contributed by atoms with E-state index in [1.165, 1.54) is 0 Å². The molecule has 0 aliphatic carbocycles. The highest BCUT2D eigenvalue weighted by atomic mass is 16.3. The van der Waals surface area contributed by atoms with Crippen LogP contribution in [0.5, 0.6) is 0 Å². The first kappa shape index (κ1) is 18.2. The van der Waals surface area contributed by atoms with Crippen LogP contribution in [0.15, 0.2) is 0 Å².